The van der Waals surface area contributed by atoms with E-state index < -0.39 is 7.60 Å². The monoisotopic (exact) mass is 360 g/mol. The molecule has 0 bridgehead atoms. The van der Waals surface area contributed by atoms with Crippen LogP contribution >= 0.6 is 7.60 Å². The van der Waals surface area contributed by atoms with Crippen molar-refractivity contribution in [2.45, 2.75) is 66.0 Å². The van der Waals surface area contributed by atoms with E-state index in [1.807, 2.05) is 0 Å². The molecule has 0 saturated carbocycles. The van der Waals surface area contributed by atoms with Gasteiger partial charge < -0.3 is 20.0 Å². The first-order valence-electron chi connectivity index (χ1n) is 8.91. The highest BCUT2D eigenvalue weighted by Gasteiger charge is 2.40. The third-order valence-corrected chi connectivity index (χ3v) is 6.40. The fourth-order valence-electron chi connectivity index (χ4n) is 3.75. The molecule has 0 saturated heterocycles. The van der Waals surface area contributed by atoms with Crippen LogP contribution < -0.4 is 5.32 Å². The number of nitrogens with zero attached hydrogens (tertiary/aromatic N) is 1. The van der Waals surface area contributed by atoms with E-state index in [2.05, 4.69) is 37.9 Å². The molecule has 1 aliphatic rings. The Kier molecular flexibility index (Phi) is 8.13. The fraction of sp³-hybridized carbons (Fsp3) is 0.824. The summed E-state index contributed by atoms with van der Waals surface area (Å²) in [5.41, 5.74) is 0. The van der Waals surface area contributed by atoms with Gasteiger partial charge in [0.2, 0.25) is 5.91 Å². The highest BCUT2D eigenvalue weighted by Crippen LogP contribution is 2.51. The fourth-order valence-corrected chi connectivity index (χ4v) is 4.52. The summed E-state index contributed by atoms with van der Waals surface area (Å²) < 4.78 is 11.7. The molecule has 1 unspecified atom stereocenters. The summed E-state index contributed by atoms with van der Waals surface area (Å²) in [6.07, 6.45) is 3.59. The van der Waals surface area contributed by atoms with E-state index in [0.29, 0.717) is 18.8 Å². The van der Waals surface area contributed by atoms with Gasteiger partial charge in [-0.3, -0.25) is 9.36 Å². The van der Waals surface area contributed by atoms with Gasteiger partial charge in [0.25, 0.3) is 0 Å². The zero-order chi connectivity index (χ0) is 18.5. The molecule has 0 spiro atoms. The first kappa shape index (κ1) is 21.4. The van der Waals surface area contributed by atoms with E-state index in [0.717, 1.165) is 19.5 Å². The number of amides is 1. The van der Waals surface area contributed by atoms with E-state index in [9.17, 15) is 19.1 Å². The standard InChI is InChI=1S/C17H33N2O4P/c1-6-12(4)17(18-13(5)20)15-10-9-14(24(21,22)23)11-16(15)19(7-2)8-3/h9,12,15-17H,6-8,10-11H2,1-5H3,(H,18,20)(H2,21,22,23)/t12?,15-,16+,17+/m1/s1. The maximum absolute atomic E-state index is 11.7. The van der Waals surface area contributed by atoms with Crippen LogP contribution in [0.1, 0.15) is 53.9 Å². The Morgan fingerprint density at radius 3 is 2.38 bits per heavy atom. The van der Waals surface area contributed by atoms with Gasteiger partial charge in [-0.1, -0.05) is 40.2 Å². The lowest BCUT2D eigenvalue weighted by atomic mass is 9.76. The molecule has 0 fully saturated rings. The van der Waals surface area contributed by atoms with Gasteiger partial charge in [0, 0.05) is 24.3 Å². The van der Waals surface area contributed by atoms with Crippen molar-refractivity contribution >= 4 is 13.5 Å². The molecule has 0 aromatic rings. The SMILES string of the molecule is CCC(C)[C@H](NC(C)=O)[C@@H]1CC=C(P(=O)(O)O)C[C@@H]1N(CC)CC. The van der Waals surface area contributed by atoms with Crippen molar-refractivity contribution in [1.82, 2.24) is 10.2 Å². The number of nitrogens with one attached hydrogen (secondary N) is 1. The lowest BCUT2D eigenvalue weighted by molar-refractivity contribution is -0.120. The maximum atomic E-state index is 11.7. The van der Waals surface area contributed by atoms with Crippen molar-refractivity contribution < 1.29 is 19.1 Å². The summed E-state index contributed by atoms with van der Waals surface area (Å²) in [6.45, 7) is 11.5. The Labute approximate surface area is 145 Å². The second-order valence-electron chi connectivity index (χ2n) is 6.74. The molecule has 6 nitrogen and oxygen atoms in total. The van der Waals surface area contributed by atoms with Crippen molar-refractivity contribution in [2.24, 2.45) is 11.8 Å². The maximum Gasteiger partial charge on any atom is 0.351 e. The molecule has 3 N–H and O–H groups in total. The zero-order valence-corrected chi connectivity index (χ0v) is 16.4. The minimum Gasteiger partial charge on any atom is -0.353 e. The van der Waals surface area contributed by atoms with Crippen LogP contribution in [-0.2, 0) is 9.36 Å². The molecule has 0 aromatic heterocycles. The molecular weight excluding hydrogens is 327 g/mol. The topological polar surface area (TPSA) is 89.9 Å². The van der Waals surface area contributed by atoms with Crippen molar-refractivity contribution in [1.29, 1.82) is 0 Å². The molecular formula is C17H33N2O4P. The first-order valence-corrected chi connectivity index (χ1v) is 10.5. The number of allylic oxidation sites excluding steroid dienone is 1. The van der Waals surface area contributed by atoms with Crippen LogP contribution in [0, 0.1) is 11.8 Å². The average molecular weight is 360 g/mol. The van der Waals surface area contributed by atoms with Crippen LogP contribution in [0.3, 0.4) is 0 Å². The molecule has 0 radical (unpaired) electrons. The molecule has 0 aromatic carbocycles. The van der Waals surface area contributed by atoms with E-state index in [-0.39, 0.29) is 29.2 Å². The predicted molar refractivity (Wildman–Crippen MR) is 96.6 cm³/mol. The molecule has 7 heteroatoms. The zero-order valence-electron chi connectivity index (χ0n) is 15.5. The normalized spacial score (nSPS) is 24.4. The van der Waals surface area contributed by atoms with Gasteiger partial charge in [0.15, 0.2) is 0 Å². The third kappa shape index (κ3) is 5.41. The largest absolute Gasteiger partial charge is 0.353 e. The summed E-state index contributed by atoms with van der Waals surface area (Å²) in [5.74, 6) is 0.407. The second kappa shape index (κ2) is 9.14. The summed E-state index contributed by atoms with van der Waals surface area (Å²) in [6, 6.07) is 0.0335. The Morgan fingerprint density at radius 1 is 1.38 bits per heavy atom. The number of rotatable bonds is 8. The van der Waals surface area contributed by atoms with Gasteiger partial charge in [0.05, 0.1) is 0 Å². The quantitative estimate of drug-likeness (QED) is 0.579. The average Bonchev–Trinajstić information content (AvgIpc) is 2.52. The van der Waals surface area contributed by atoms with Gasteiger partial charge >= 0.3 is 7.60 Å². The summed E-state index contributed by atoms with van der Waals surface area (Å²) in [7, 11) is -4.21. The van der Waals surface area contributed by atoms with Crippen LogP contribution in [0.2, 0.25) is 0 Å². The number of carbonyl (C=O) groups excluding carboxylic acids is 1. The molecule has 24 heavy (non-hydrogen) atoms. The third-order valence-electron chi connectivity index (χ3n) is 5.28. The van der Waals surface area contributed by atoms with Gasteiger partial charge in [-0.25, -0.2) is 0 Å². The smallest absolute Gasteiger partial charge is 0.351 e. The second-order valence-corrected chi connectivity index (χ2v) is 8.41. The van der Waals surface area contributed by atoms with E-state index in [1.165, 1.54) is 6.92 Å². The highest BCUT2D eigenvalue weighted by atomic mass is 31.2. The van der Waals surface area contributed by atoms with Gasteiger partial charge in [0.1, 0.15) is 0 Å². The molecule has 1 rings (SSSR count). The minimum absolute atomic E-state index is 0.00710. The summed E-state index contributed by atoms with van der Waals surface area (Å²) in [4.78, 5) is 33.1. The van der Waals surface area contributed by atoms with Crippen molar-refractivity contribution in [3.8, 4) is 0 Å². The molecule has 1 amide bonds. The summed E-state index contributed by atoms with van der Waals surface area (Å²) in [5, 5.41) is 3.34. The van der Waals surface area contributed by atoms with E-state index >= 15 is 0 Å². The first-order chi connectivity index (χ1) is 11.1. The van der Waals surface area contributed by atoms with Crippen molar-refractivity contribution in [3.05, 3.63) is 11.4 Å². The van der Waals surface area contributed by atoms with Crippen LogP contribution in [0.15, 0.2) is 11.4 Å². The Balaban J connectivity index is 3.21. The lowest BCUT2D eigenvalue weighted by Crippen LogP contribution is -2.53. The molecule has 0 aliphatic heterocycles. The Hall–Kier alpha value is -0.680. The van der Waals surface area contributed by atoms with E-state index in [1.54, 1.807) is 6.08 Å². The van der Waals surface area contributed by atoms with Crippen LogP contribution in [0.4, 0.5) is 0 Å². The Morgan fingerprint density at radius 2 is 1.96 bits per heavy atom. The van der Waals surface area contributed by atoms with Crippen LogP contribution in [-0.4, -0.2) is 45.8 Å². The van der Waals surface area contributed by atoms with Gasteiger partial charge in [-0.15, -0.1) is 0 Å². The van der Waals surface area contributed by atoms with E-state index in [4.69, 9.17) is 0 Å². The lowest BCUT2D eigenvalue weighted by Gasteiger charge is -2.44. The number of hydrogen-bond donors (Lipinski definition) is 3. The molecule has 0 heterocycles. The Bertz CT molecular complexity index is 499. The molecule has 140 valence electrons. The summed E-state index contributed by atoms with van der Waals surface area (Å²) >= 11 is 0. The molecule has 4 atom stereocenters. The van der Waals surface area contributed by atoms with Gasteiger partial charge in [-0.05, 0) is 37.8 Å². The van der Waals surface area contributed by atoms with Crippen molar-refractivity contribution in [3.63, 3.8) is 0 Å². The van der Waals surface area contributed by atoms with Crippen LogP contribution in [0.5, 0.6) is 0 Å². The number of carbonyl (C=O) groups is 1. The number of hydrogen-bond acceptors (Lipinski definition) is 3. The highest BCUT2D eigenvalue weighted by molar-refractivity contribution is 7.56. The molecule has 1 aliphatic carbocycles. The van der Waals surface area contributed by atoms with Crippen LogP contribution in [0.25, 0.3) is 0 Å². The predicted octanol–water partition coefficient (Wildman–Crippen LogP) is 2.72. The minimum atomic E-state index is -4.21. The van der Waals surface area contributed by atoms with Gasteiger partial charge in [-0.2, -0.15) is 0 Å². The van der Waals surface area contributed by atoms with Crippen molar-refractivity contribution in [2.75, 3.05) is 13.1 Å².